The Bertz CT molecular complexity index is 1110. The molecule has 0 aliphatic heterocycles. The van der Waals surface area contributed by atoms with Gasteiger partial charge in [-0.2, -0.15) is 0 Å². The van der Waals surface area contributed by atoms with E-state index in [9.17, 15) is 9.59 Å². The zero-order valence-corrected chi connectivity index (χ0v) is 18.6. The first-order valence-electron chi connectivity index (χ1n) is 9.38. The Balaban J connectivity index is 1.78. The molecular weight excluding hydrogens is 420 g/mol. The van der Waals surface area contributed by atoms with Crippen molar-refractivity contribution in [2.45, 2.75) is 31.0 Å². The van der Waals surface area contributed by atoms with Crippen LogP contribution in [0.5, 0.6) is 5.75 Å². The minimum Gasteiger partial charge on any atom is -0.491 e. The van der Waals surface area contributed by atoms with Crippen molar-refractivity contribution < 1.29 is 9.53 Å². The number of hydrogen-bond acceptors (Lipinski definition) is 4. The summed E-state index contributed by atoms with van der Waals surface area (Å²) < 4.78 is 6.90. The van der Waals surface area contributed by atoms with Gasteiger partial charge < -0.3 is 14.6 Å². The molecule has 156 valence electrons. The van der Waals surface area contributed by atoms with Gasteiger partial charge in [-0.05, 0) is 43.7 Å². The van der Waals surface area contributed by atoms with Crippen molar-refractivity contribution in [2.24, 2.45) is 0 Å². The summed E-state index contributed by atoms with van der Waals surface area (Å²) in [7, 11) is 1.44. The lowest BCUT2D eigenvalue weighted by Crippen LogP contribution is -2.22. The van der Waals surface area contributed by atoms with E-state index >= 15 is 0 Å². The number of rotatable bonds is 7. The highest BCUT2D eigenvalue weighted by atomic mass is 35.5. The van der Waals surface area contributed by atoms with Crippen molar-refractivity contribution in [3.8, 4) is 5.75 Å². The fourth-order valence-electron chi connectivity index (χ4n) is 2.84. The van der Waals surface area contributed by atoms with Gasteiger partial charge in [0.1, 0.15) is 6.54 Å². The maximum absolute atomic E-state index is 12.6. The zero-order chi connectivity index (χ0) is 21.7. The van der Waals surface area contributed by atoms with Crippen LogP contribution in [-0.4, -0.2) is 17.6 Å². The van der Waals surface area contributed by atoms with Gasteiger partial charge in [-0.15, -0.1) is 11.8 Å². The van der Waals surface area contributed by atoms with Crippen LogP contribution in [0, 0.1) is 13.8 Å². The lowest BCUT2D eigenvalue weighted by Gasteiger charge is -2.15. The standard InChI is InChI=1S/C23H23ClN2O3S/c1-15-4-8-19(9-5-15)30-14-18-11-21(27)22(29-3)12-26(18)13-23(28)25-17-7-6-16(2)20(24)10-17/h4-12H,13-14H2,1-3H3,(H,25,28). The Morgan fingerprint density at radius 2 is 1.87 bits per heavy atom. The molecule has 1 amide bonds. The molecule has 0 spiro atoms. The third-order valence-electron chi connectivity index (χ3n) is 4.58. The summed E-state index contributed by atoms with van der Waals surface area (Å²) in [6.45, 7) is 3.99. The largest absolute Gasteiger partial charge is 0.491 e. The van der Waals surface area contributed by atoms with Crippen molar-refractivity contribution in [2.75, 3.05) is 12.4 Å². The molecule has 0 radical (unpaired) electrons. The Morgan fingerprint density at radius 1 is 1.13 bits per heavy atom. The fraction of sp³-hybridized carbons (Fsp3) is 0.217. The number of amides is 1. The smallest absolute Gasteiger partial charge is 0.244 e. The number of carbonyl (C=O) groups is 1. The normalized spacial score (nSPS) is 10.7. The monoisotopic (exact) mass is 442 g/mol. The first-order chi connectivity index (χ1) is 14.4. The maximum atomic E-state index is 12.6. The number of carbonyl (C=O) groups excluding carboxylic acids is 1. The molecule has 0 saturated carbocycles. The third-order valence-corrected chi connectivity index (χ3v) is 6.03. The molecule has 0 fully saturated rings. The van der Waals surface area contributed by atoms with Crippen LogP contribution in [0.1, 0.15) is 16.8 Å². The van der Waals surface area contributed by atoms with E-state index in [1.807, 2.05) is 44.2 Å². The van der Waals surface area contributed by atoms with Crippen LogP contribution in [0.15, 0.2) is 64.4 Å². The van der Waals surface area contributed by atoms with Crippen LogP contribution >= 0.6 is 23.4 Å². The molecule has 0 atom stereocenters. The number of thioether (sulfide) groups is 1. The molecule has 0 bridgehead atoms. The average Bonchev–Trinajstić information content (AvgIpc) is 2.71. The van der Waals surface area contributed by atoms with Crippen LogP contribution in [0.25, 0.3) is 0 Å². The molecule has 3 aromatic rings. The van der Waals surface area contributed by atoms with Gasteiger partial charge in [0.25, 0.3) is 0 Å². The molecule has 0 saturated heterocycles. The second-order valence-electron chi connectivity index (χ2n) is 6.94. The highest BCUT2D eigenvalue weighted by Crippen LogP contribution is 2.24. The van der Waals surface area contributed by atoms with Gasteiger partial charge in [-0.3, -0.25) is 9.59 Å². The molecule has 1 aromatic heterocycles. The number of anilines is 1. The predicted molar refractivity (Wildman–Crippen MR) is 123 cm³/mol. The summed E-state index contributed by atoms with van der Waals surface area (Å²) in [6.07, 6.45) is 1.58. The predicted octanol–water partition coefficient (Wildman–Crippen LogP) is 5.06. The van der Waals surface area contributed by atoms with Crippen LogP contribution < -0.4 is 15.5 Å². The van der Waals surface area contributed by atoms with Gasteiger partial charge in [0, 0.05) is 33.1 Å². The maximum Gasteiger partial charge on any atom is 0.244 e. The van der Waals surface area contributed by atoms with Gasteiger partial charge in [0.05, 0.1) is 13.3 Å². The number of hydrogen-bond donors (Lipinski definition) is 1. The minimum atomic E-state index is -0.220. The first kappa shape index (κ1) is 22.0. The minimum absolute atomic E-state index is 0.0475. The zero-order valence-electron chi connectivity index (χ0n) is 17.1. The number of halogens is 1. The van der Waals surface area contributed by atoms with E-state index in [4.69, 9.17) is 16.3 Å². The molecule has 30 heavy (non-hydrogen) atoms. The van der Waals surface area contributed by atoms with E-state index in [1.54, 1.807) is 34.7 Å². The van der Waals surface area contributed by atoms with Crippen molar-refractivity contribution >= 4 is 35.0 Å². The number of ether oxygens (including phenoxy) is 1. The van der Waals surface area contributed by atoms with E-state index in [-0.39, 0.29) is 23.6 Å². The van der Waals surface area contributed by atoms with Crippen molar-refractivity contribution in [3.63, 3.8) is 0 Å². The highest BCUT2D eigenvalue weighted by Gasteiger charge is 2.12. The molecule has 1 heterocycles. The van der Waals surface area contributed by atoms with Gasteiger partial charge >= 0.3 is 0 Å². The molecule has 1 N–H and O–H groups in total. The molecule has 0 unspecified atom stereocenters. The van der Waals surface area contributed by atoms with Crippen LogP contribution in [0.3, 0.4) is 0 Å². The number of benzene rings is 2. The van der Waals surface area contributed by atoms with Gasteiger partial charge in [-0.1, -0.05) is 35.4 Å². The summed E-state index contributed by atoms with van der Waals surface area (Å²) in [4.78, 5) is 26.0. The van der Waals surface area contributed by atoms with Crippen LogP contribution in [0.2, 0.25) is 5.02 Å². The van der Waals surface area contributed by atoms with E-state index < -0.39 is 0 Å². The summed E-state index contributed by atoms with van der Waals surface area (Å²) >= 11 is 7.74. The second kappa shape index (κ2) is 9.87. The molecule has 0 aliphatic carbocycles. The molecule has 0 aliphatic rings. The van der Waals surface area contributed by atoms with E-state index in [0.29, 0.717) is 16.5 Å². The van der Waals surface area contributed by atoms with E-state index in [1.165, 1.54) is 18.7 Å². The number of aryl methyl sites for hydroxylation is 2. The molecule has 2 aromatic carbocycles. The molecular formula is C23H23ClN2O3S. The van der Waals surface area contributed by atoms with Gasteiger partial charge in [-0.25, -0.2) is 0 Å². The lowest BCUT2D eigenvalue weighted by molar-refractivity contribution is -0.116. The van der Waals surface area contributed by atoms with Crippen molar-refractivity contribution in [3.05, 3.63) is 86.8 Å². The second-order valence-corrected chi connectivity index (χ2v) is 8.40. The quantitative estimate of drug-likeness (QED) is 0.519. The summed E-state index contributed by atoms with van der Waals surface area (Å²) in [6, 6.07) is 15.1. The summed E-state index contributed by atoms with van der Waals surface area (Å²) in [5.41, 5.74) is 3.28. The van der Waals surface area contributed by atoms with E-state index in [0.717, 1.165) is 16.2 Å². The molecule has 7 heteroatoms. The fourth-order valence-corrected chi connectivity index (χ4v) is 3.91. The molecule has 5 nitrogen and oxygen atoms in total. The van der Waals surface area contributed by atoms with Crippen LogP contribution in [-0.2, 0) is 17.1 Å². The Labute approximate surface area is 185 Å². The lowest BCUT2D eigenvalue weighted by atomic mass is 10.2. The first-order valence-corrected chi connectivity index (χ1v) is 10.7. The number of nitrogens with zero attached hydrogens (tertiary/aromatic N) is 1. The SMILES string of the molecule is COc1cn(CC(=O)Nc2ccc(C)c(Cl)c2)c(CSc2ccc(C)cc2)cc1=O. The summed E-state index contributed by atoms with van der Waals surface area (Å²) in [5.74, 6) is 0.527. The van der Waals surface area contributed by atoms with Gasteiger partial charge in [0.15, 0.2) is 5.75 Å². The Morgan fingerprint density at radius 3 is 2.53 bits per heavy atom. The van der Waals surface area contributed by atoms with E-state index in [2.05, 4.69) is 5.32 Å². The van der Waals surface area contributed by atoms with Crippen molar-refractivity contribution in [1.82, 2.24) is 4.57 Å². The van der Waals surface area contributed by atoms with Crippen LogP contribution in [0.4, 0.5) is 5.69 Å². The number of aromatic nitrogens is 1. The number of methoxy groups -OCH3 is 1. The Hall–Kier alpha value is -2.70. The topological polar surface area (TPSA) is 60.3 Å². The number of pyridine rings is 1. The average molecular weight is 443 g/mol. The summed E-state index contributed by atoms with van der Waals surface area (Å²) in [5, 5.41) is 3.44. The Kier molecular flexibility index (Phi) is 7.24. The third kappa shape index (κ3) is 5.68. The highest BCUT2D eigenvalue weighted by molar-refractivity contribution is 7.98. The van der Waals surface area contributed by atoms with Gasteiger partial charge in [0.2, 0.25) is 11.3 Å². The molecule has 3 rings (SSSR count). The van der Waals surface area contributed by atoms with Crippen molar-refractivity contribution in [1.29, 1.82) is 0 Å². The number of nitrogens with one attached hydrogen (secondary N) is 1.